The number of esters is 1. The van der Waals surface area contributed by atoms with Gasteiger partial charge in [0.2, 0.25) is 5.91 Å². The molecule has 2 amide bonds. The average Bonchev–Trinajstić information content (AvgIpc) is 3.32. The molecule has 1 fully saturated rings. The predicted octanol–water partition coefficient (Wildman–Crippen LogP) is 2.07. The minimum atomic E-state index is -1.02. The van der Waals surface area contributed by atoms with E-state index in [0.717, 1.165) is 5.56 Å². The van der Waals surface area contributed by atoms with Gasteiger partial charge in [-0.2, -0.15) is 0 Å². The molecule has 1 aliphatic heterocycles. The summed E-state index contributed by atoms with van der Waals surface area (Å²) in [6, 6.07) is 7.09. The zero-order valence-corrected chi connectivity index (χ0v) is 19.8. The molecule has 10 nitrogen and oxygen atoms in total. The molecule has 1 saturated heterocycles. The first-order valence-corrected chi connectivity index (χ1v) is 11.7. The Morgan fingerprint density at radius 3 is 2.56 bits per heavy atom. The van der Waals surface area contributed by atoms with E-state index in [1.54, 1.807) is 13.8 Å². The van der Waals surface area contributed by atoms with Gasteiger partial charge >= 0.3 is 18.0 Å². The van der Waals surface area contributed by atoms with Gasteiger partial charge in [-0.1, -0.05) is 30.3 Å². The maximum Gasteiger partial charge on any atom is 0.407 e. The highest BCUT2D eigenvalue weighted by molar-refractivity contribution is 5.88. The van der Waals surface area contributed by atoms with Crippen LogP contribution >= 0.6 is 0 Å². The van der Waals surface area contributed by atoms with Crippen LogP contribution in [0.25, 0.3) is 0 Å². The van der Waals surface area contributed by atoms with Crippen LogP contribution in [0.2, 0.25) is 0 Å². The molecule has 1 heterocycles. The predicted molar refractivity (Wildman–Crippen MR) is 124 cm³/mol. The van der Waals surface area contributed by atoms with E-state index in [4.69, 9.17) is 9.47 Å². The number of alkyl carbamates (subject to hydrolysis) is 1. The molecule has 0 saturated carbocycles. The van der Waals surface area contributed by atoms with E-state index in [1.165, 1.54) is 4.90 Å². The molecule has 1 aromatic carbocycles. The topological polar surface area (TPSA) is 134 Å². The summed E-state index contributed by atoms with van der Waals surface area (Å²) in [7, 11) is 0. The molecular weight excluding hydrogens is 442 g/mol. The molecule has 3 atom stereocenters. The Kier molecular flexibility index (Phi) is 11.3. The van der Waals surface area contributed by atoms with Crippen LogP contribution in [0.5, 0.6) is 0 Å². The van der Waals surface area contributed by atoms with Gasteiger partial charge in [-0.05, 0) is 51.5 Å². The Morgan fingerprint density at radius 1 is 1.15 bits per heavy atom. The number of nitrogens with one attached hydrogen (secondary N) is 2. The second-order valence-electron chi connectivity index (χ2n) is 8.21. The van der Waals surface area contributed by atoms with Crippen molar-refractivity contribution in [2.75, 3.05) is 19.7 Å². The Morgan fingerprint density at radius 2 is 1.88 bits per heavy atom. The molecule has 0 spiro atoms. The number of nitrogens with zero attached hydrogens (tertiary/aromatic N) is 1. The summed E-state index contributed by atoms with van der Waals surface area (Å²) in [4.78, 5) is 49.7. The number of carbonyl (C=O) groups excluding carboxylic acids is 3. The van der Waals surface area contributed by atoms with Crippen molar-refractivity contribution in [3.8, 4) is 0 Å². The molecule has 34 heavy (non-hydrogen) atoms. The molecule has 0 aromatic heterocycles. The first-order valence-electron chi connectivity index (χ1n) is 11.7. The van der Waals surface area contributed by atoms with E-state index in [2.05, 4.69) is 10.6 Å². The first kappa shape index (κ1) is 27.1. The quantitative estimate of drug-likeness (QED) is 0.290. The van der Waals surface area contributed by atoms with Crippen molar-refractivity contribution in [1.29, 1.82) is 0 Å². The monoisotopic (exact) mass is 477 g/mol. The van der Waals surface area contributed by atoms with E-state index < -0.39 is 36.2 Å². The molecule has 1 aromatic rings. The Balaban J connectivity index is 1.76. The third-order valence-electron chi connectivity index (χ3n) is 5.62. The van der Waals surface area contributed by atoms with Crippen LogP contribution in [-0.2, 0) is 30.5 Å². The van der Waals surface area contributed by atoms with Crippen molar-refractivity contribution >= 4 is 23.9 Å². The summed E-state index contributed by atoms with van der Waals surface area (Å²) >= 11 is 0. The van der Waals surface area contributed by atoms with Gasteiger partial charge in [0.15, 0.2) is 0 Å². The first-order chi connectivity index (χ1) is 16.3. The number of amides is 2. The lowest BCUT2D eigenvalue weighted by atomic mass is 10.1. The van der Waals surface area contributed by atoms with E-state index in [0.29, 0.717) is 45.2 Å². The molecule has 2 rings (SSSR count). The lowest BCUT2D eigenvalue weighted by Crippen LogP contribution is -2.53. The third kappa shape index (κ3) is 8.66. The van der Waals surface area contributed by atoms with E-state index in [1.807, 2.05) is 30.3 Å². The van der Waals surface area contributed by atoms with Crippen LogP contribution < -0.4 is 10.6 Å². The largest absolute Gasteiger partial charge is 0.480 e. The SMILES string of the molecule is CCOC(=O)C(CCCCNC(=O)OCc1ccccc1)N[C@@H](C)C(=O)N1CCC[C@H]1C(=O)O. The lowest BCUT2D eigenvalue weighted by Gasteiger charge is -2.27. The van der Waals surface area contributed by atoms with Crippen LogP contribution in [0.3, 0.4) is 0 Å². The summed E-state index contributed by atoms with van der Waals surface area (Å²) < 4.78 is 10.3. The summed E-state index contributed by atoms with van der Waals surface area (Å²) in [5.74, 6) is -1.83. The minimum Gasteiger partial charge on any atom is -0.480 e. The van der Waals surface area contributed by atoms with Crippen LogP contribution in [0, 0.1) is 0 Å². The maximum atomic E-state index is 12.8. The number of hydrogen-bond donors (Lipinski definition) is 3. The van der Waals surface area contributed by atoms with E-state index in [9.17, 15) is 24.3 Å². The van der Waals surface area contributed by atoms with Crippen LogP contribution in [-0.4, -0.2) is 71.8 Å². The van der Waals surface area contributed by atoms with Crippen molar-refractivity contribution in [3.05, 3.63) is 35.9 Å². The number of benzene rings is 1. The highest BCUT2D eigenvalue weighted by Crippen LogP contribution is 2.19. The fourth-order valence-corrected chi connectivity index (χ4v) is 3.86. The Hall–Kier alpha value is -3.14. The van der Waals surface area contributed by atoms with Gasteiger partial charge in [0, 0.05) is 13.1 Å². The smallest absolute Gasteiger partial charge is 0.407 e. The lowest BCUT2D eigenvalue weighted by molar-refractivity contribution is -0.150. The number of hydrogen-bond acceptors (Lipinski definition) is 7. The van der Waals surface area contributed by atoms with Gasteiger partial charge in [-0.3, -0.25) is 14.9 Å². The van der Waals surface area contributed by atoms with Gasteiger partial charge in [-0.15, -0.1) is 0 Å². The number of carboxylic acid groups (broad SMARTS) is 1. The van der Waals surface area contributed by atoms with Gasteiger partial charge < -0.3 is 24.8 Å². The molecule has 188 valence electrons. The van der Waals surface area contributed by atoms with Gasteiger partial charge in [0.25, 0.3) is 0 Å². The normalized spacial score (nSPS) is 17.0. The molecule has 3 N–H and O–H groups in total. The van der Waals surface area contributed by atoms with Crippen LogP contribution in [0.15, 0.2) is 30.3 Å². The number of rotatable bonds is 13. The number of unbranched alkanes of at least 4 members (excludes halogenated alkanes) is 1. The number of carboxylic acids is 1. The summed E-state index contributed by atoms with van der Waals surface area (Å²) in [6.45, 7) is 4.49. The van der Waals surface area contributed by atoms with Gasteiger partial charge in [-0.25, -0.2) is 9.59 Å². The van der Waals surface area contributed by atoms with Gasteiger partial charge in [0.1, 0.15) is 18.7 Å². The second kappa shape index (κ2) is 14.2. The van der Waals surface area contributed by atoms with Crippen molar-refractivity contribution in [2.24, 2.45) is 0 Å². The Labute approximate surface area is 200 Å². The standard InChI is InChI=1S/C24H35N3O7/c1-3-33-23(31)19(26-17(2)21(28)27-15-9-13-20(27)22(29)30)12-7-8-14-25-24(32)34-16-18-10-5-4-6-11-18/h4-6,10-11,17,19-20,26H,3,7-9,12-16H2,1-2H3,(H,25,32)(H,29,30)/t17-,19?,20-/m0/s1. The number of aliphatic carboxylic acids is 1. The summed E-state index contributed by atoms with van der Waals surface area (Å²) in [5.41, 5.74) is 0.897. The number of likely N-dealkylation sites (tertiary alicyclic amines) is 1. The highest BCUT2D eigenvalue weighted by atomic mass is 16.5. The van der Waals surface area contributed by atoms with Crippen molar-refractivity contribution < 1.29 is 33.8 Å². The third-order valence-corrected chi connectivity index (χ3v) is 5.62. The molecule has 0 radical (unpaired) electrons. The van der Waals surface area contributed by atoms with Crippen molar-refractivity contribution in [1.82, 2.24) is 15.5 Å². The zero-order chi connectivity index (χ0) is 24.9. The highest BCUT2D eigenvalue weighted by Gasteiger charge is 2.36. The van der Waals surface area contributed by atoms with Crippen LogP contribution in [0.4, 0.5) is 4.79 Å². The van der Waals surface area contributed by atoms with Crippen molar-refractivity contribution in [2.45, 2.75) is 70.7 Å². The maximum absolute atomic E-state index is 12.8. The molecule has 1 aliphatic rings. The Bertz CT molecular complexity index is 818. The van der Waals surface area contributed by atoms with E-state index in [-0.39, 0.29) is 19.1 Å². The number of carbonyl (C=O) groups is 4. The molecule has 0 bridgehead atoms. The molecule has 1 unspecified atom stereocenters. The average molecular weight is 478 g/mol. The number of ether oxygens (including phenoxy) is 2. The van der Waals surface area contributed by atoms with Gasteiger partial charge in [0.05, 0.1) is 12.6 Å². The fraction of sp³-hybridized carbons (Fsp3) is 0.583. The van der Waals surface area contributed by atoms with Crippen molar-refractivity contribution in [3.63, 3.8) is 0 Å². The molecule has 10 heteroatoms. The minimum absolute atomic E-state index is 0.188. The molecule has 0 aliphatic carbocycles. The molecular formula is C24H35N3O7. The van der Waals surface area contributed by atoms with Crippen LogP contribution in [0.1, 0.15) is 51.5 Å². The summed E-state index contributed by atoms with van der Waals surface area (Å²) in [6.07, 6.45) is 2.15. The second-order valence-corrected chi connectivity index (χ2v) is 8.21. The zero-order valence-electron chi connectivity index (χ0n) is 19.8. The summed E-state index contributed by atoms with van der Waals surface area (Å²) in [5, 5.41) is 15.0. The fourth-order valence-electron chi connectivity index (χ4n) is 3.86. The van der Waals surface area contributed by atoms with E-state index >= 15 is 0 Å².